The number of rotatable bonds is 6. The number of ether oxygens (including phenoxy) is 1. The largest absolute Gasteiger partial charge is 0.490 e. The van der Waals surface area contributed by atoms with E-state index in [9.17, 15) is 9.59 Å². The number of carbonyl (C=O) groups is 2. The lowest BCUT2D eigenvalue weighted by Crippen LogP contribution is -2.30. The van der Waals surface area contributed by atoms with Crippen LogP contribution in [0.3, 0.4) is 0 Å². The third-order valence-electron chi connectivity index (χ3n) is 3.78. The lowest BCUT2D eigenvalue weighted by Gasteiger charge is -2.11. The molecule has 1 aliphatic heterocycles. The van der Waals surface area contributed by atoms with Crippen LogP contribution in [0, 0.1) is 0 Å². The molecule has 0 radical (unpaired) electrons. The number of amides is 3. The standard InChI is InChI=1S/C20H17ClN2O3/c1-2-11-26-17-9-5-14(6-10-17)12-18-19(24)23(20(25)22-18)13-15-3-7-16(21)8-4-15/h2-10,12H,1,11,13H2,(H,22,25)/b18-12+. The number of hydrogen-bond donors (Lipinski definition) is 1. The first-order valence-electron chi connectivity index (χ1n) is 7.99. The molecule has 0 atom stereocenters. The Labute approximate surface area is 156 Å². The molecule has 3 rings (SSSR count). The van der Waals surface area contributed by atoms with Crippen LogP contribution in [0.5, 0.6) is 5.75 Å². The van der Waals surface area contributed by atoms with E-state index >= 15 is 0 Å². The number of imide groups is 1. The van der Waals surface area contributed by atoms with E-state index in [0.717, 1.165) is 16.0 Å². The van der Waals surface area contributed by atoms with Crippen LogP contribution in [0.4, 0.5) is 4.79 Å². The van der Waals surface area contributed by atoms with Crippen LogP contribution < -0.4 is 10.1 Å². The monoisotopic (exact) mass is 368 g/mol. The Morgan fingerprint density at radius 3 is 2.42 bits per heavy atom. The number of halogens is 1. The molecule has 3 amide bonds. The fraction of sp³-hybridized carbons (Fsp3) is 0.100. The van der Waals surface area contributed by atoms with Gasteiger partial charge in [0.2, 0.25) is 0 Å². The van der Waals surface area contributed by atoms with E-state index in [1.54, 1.807) is 48.6 Å². The maximum Gasteiger partial charge on any atom is 0.329 e. The summed E-state index contributed by atoms with van der Waals surface area (Å²) in [6.07, 6.45) is 3.30. The molecule has 1 heterocycles. The molecule has 0 aliphatic carbocycles. The van der Waals surface area contributed by atoms with E-state index in [4.69, 9.17) is 16.3 Å². The lowest BCUT2D eigenvalue weighted by atomic mass is 10.1. The minimum absolute atomic E-state index is 0.188. The zero-order valence-corrected chi connectivity index (χ0v) is 14.7. The van der Waals surface area contributed by atoms with E-state index in [-0.39, 0.29) is 18.1 Å². The fourth-order valence-corrected chi connectivity index (χ4v) is 2.60. The van der Waals surface area contributed by atoms with Gasteiger partial charge in [0.15, 0.2) is 0 Å². The average Bonchev–Trinajstić information content (AvgIpc) is 2.90. The molecule has 1 fully saturated rings. The molecule has 2 aromatic carbocycles. The van der Waals surface area contributed by atoms with Gasteiger partial charge in [0.25, 0.3) is 5.91 Å². The van der Waals surface area contributed by atoms with E-state index in [0.29, 0.717) is 17.4 Å². The zero-order chi connectivity index (χ0) is 18.5. The Bertz CT molecular complexity index is 858. The highest BCUT2D eigenvalue weighted by Gasteiger charge is 2.33. The summed E-state index contributed by atoms with van der Waals surface area (Å²) in [5.74, 6) is 0.343. The summed E-state index contributed by atoms with van der Waals surface area (Å²) in [7, 11) is 0. The Morgan fingerprint density at radius 1 is 1.08 bits per heavy atom. The summed E-state index contributed by atoms with van der Waals surface area (Å²) in [6, 6.07) is 13.8. The summed E-state index contributed by atoms with van der Waals surface area (Å²) >= 11 is 5.86. The molecule has 0 aromatic heterocycles. The van der Waals surface area contributed by atoms with Crippen molar-refractivity contribution in [1.82, 2.24) is 10.2 Å². The van der Waals surface area contributed by atoms with Gasteiger partial charge in [-0.15, -0.1) is 0 Å². The third kappa shape index (κ3) is 4.13. The zero-order valence-electron chi connectivity index (χ0n) is 13.9. The molecule has 0 saturated carbocycles. The maximum absolute atomic E-state index is 12.5. The molecule has 0 unspecified atom stereocenters. The van der Waals surface area contributed by atoms with Crippen molar-refractivity contribution in [2.45, 2.75) is 6.54 Å². The second kappa shape index (κ2) is 7.89. The van der Waals surface area contributed by atoms with Crippen LogP contribution >= 0.6 is 11.6 Å². The Morgan fingerprint density at radius 2 is 1.77 bits per heavy atom. The predicted molar refractivity (Wildman–Crippen MR) is 101 cm³/mol. The molecule has 1 aliphatic rings. The molecule has 26 heavy (non-hydrogen) atoms. The highest BCUT2D eigenvalue weighted by atomic mass is 35.5. The van der Waals surface area contributed by atoms with Crippen LogP contribution in [-0.4, -0.2) is 23.4 Å². The van der Waals surface area contributed by atoms with E-state index in [2.05, 4.69) is 11.9 Å². The molecule has 132 valence electrons. The van der Waals surface area contributed by atoms with E-state index in [1.165, 1.54) is 0 Å². The van der Waals surface area contributed by atoms with Crippen molar-refractivity contribution in [2.24, 2.45) is 0 Å². The van der Waals surface area contributed by atoms with Gasteiger partial charge in [-0.05, 0) is 41.5 Å². The average molecular weight is 369 g/mol. The Kier molecular flexibility index (Phi) is 5.39. The minimum atomic E-state index is -0.442. The van der Waals surface area contributed by atoms with Crippen LogP contribution in [0.2, 0.25) is 5.02 Å². The van der Waals surface area contributed by atoms with Crippen molar-refractivity contribution in [3.05, 3.63) is 83.0 Å². The van der Waals surface area contributed by atoms with Crippen molar-refractivity contribution in [1.29, 1.82) is 0 Å². The second-order valence-corrected chi connectivity index (χ2v) is 6.11. The molecule has 0 bridgehead atoms. The molecular weight excluding hydrogens is 352 g/mol. The summed E-state index contributed by atoms with van der Waals surface area (Å²) < 4.78 is 5.42. The smallest absolute Gasteiger partial charge is 0.329 e. The Balaban J connectivity index is 1.72. The third-order valence-corrected chi connectivity index (χ3v) is 4.03. The fourth-order valence-electron chi connectivity index (χ4n) is 2.47. The van der Waals surface area contributed by atoms with Crippen LogP contribution in [-0.2, 0) is 11.3 Å². The van der Waals surface area contributed by atoms with E-state index < -0.39 is 6.03 Å². The lowest BCUT2D eigenvalue weighted by molar-refractivity contribution is -0.123. The van der Waals surface area contributed by atoms with Gasteiger partial charge in [0.05, 0.1) is 6.54 Å². The highest BCUT2D eigenvalue weighted by Crippen LogP contribution is 2.19. The molecule has 2 aromatic rings. The number of hydrogen-bond acceptors (Lipinski definition) is 3. The van der Waals surface area contributed by atoms with Gasteiger partial charge < -0.3 is 10.1 Å². The second-order valence-electron chi connectivity index (χ2n) is 5.67. The van der Waals surface area contributed by atoms with Crippen molar-refractivity contribution in [3.8, 4) is 5.75 Å². The summed E-state index contributed by atoms with van der Waals surface area (Å²) in [5, 5.41) is 3.21. The summed E-state index contributed by atoms with van der Waals surface area (Å²) in [6.45, 7) is 4.21. The molecule has 1 N–H and O–H groups in total. The first kappa shape index (κ1) is 17.8. The van der Waals surface area contributed by atoms with Gasteiger partial charge in [-0.1, -0.05) is 48.5 Å². The van der Waals surface area contributed by atoms with Crippen LogP contribution in [0.1, 0.15) is 11.1 Å². The van der Waals surface area contributed by atoms with Crippen molar-refractivity contribution < 1.29 is 14.3 Å². The van der Waals surface area contributed by atoms with Crippen LogP contribution in [0.25, 0.3) is 6.08 Å². The molecular formula is C20H17ClN2O3. The highest BCUT2D eigenvalue weighted by molar-refractivity contribution is 6.30. The summed E-state index contributed by atoms with van der Waals surface area (Å²) in [4.78, 5) is 25.8. The molecule has 6 heteroatoms. The van der Waals surface area contributed by atoms with Crippen molar-refractivity contribution >= 4 is 29.6 Å². The maximum atomic E-state index is 12.5. The Hall–Kier alpha value is -3.05. The molecule has 5 nitrogen and oxygen atoms in total. The van der Waals surface area contributed by atoms with Crippen LogP contribution in [0.15, 0.2) is 66.9 Å². The van der Waals surface area contributed by atoms with Gasteiger partial charge in [0, 0.05) is 5.02 Å². The number of benzene rings is 2. The molecule has 0 spiro atoms. The minimum Gasteiger partial charge on any atom is -0.490 e. The molecule has 1 saturated heterocycles. The van der Waals surface area contributed by atoms with Crippen molar-refractivity contribution in [3.63, 3.8) is 0 Å². The van der Waals surface area contributed by atoms with Gasteiger partial charge in [0.1, 0.15) is 18.1 Å². The first-order valence-corrected chi connectivity index (χ1v) is 8.37. The number of nitrogens with zero attached hydrogens (tertiary/aromatic N) is 1. The topological polar surface area (TPSA) is 58.6 Å². The van der Waals surface area contributed by atoms with Gasteiger partial charge in [-0.3, -0.25) is 9.69 Å². The van der Waals surface area contributed by atoms with Gasteiger partial charge in [-0.2, -0.15) is 0 Å². The quantitative estimate of drug-likeness (QED) is 0.476. The number of urea groups is 1. The van der Waals surface area contributed by atoms with E-state index in [1.807, 2.05) is 12.1 Å². The predicted octanol–water partition coefficient (Wildman–Crippen LogP) is 4.00. The number of nitrogens with one attached hydrogen (secondary N) is 1. The normalized spacial score (nSPS) is 15.3. The SMILES string of the molecule is C=CCOc1ccc(/C=C2/NC(=O)N(Cc3ccc(Cl)cc3)C2=O)cc1. The van der Waals surface area contributed by atoms with Gasteiger partial charge >= 0.3 is 6.03 Å². The first-order chi connectivity index (χ1) is 12.6. The summed E-state index contributed by atoms with van der Waals surface area (Å²) in [5.41, 5.74) is 1.85. The van der Waals surface area contributed by atoms with Gasteiger partial charge in [-0.25, -0.2) is 4.79 Å². The van der Waals surface area contributed by atoms with Crippen molar-refractivity contribution in [2.75, 3.05) is 6.61 Å². The number of carbonyl (C=O) groups excluding carboxylic acids is 2.